The average molecular weight is 451 g/mol. The van der Waals surface area contributed by atoms with Crippen LogP contribution in [0.15, 0.2) is 79.3 Å². The van der Waals surface area contributed by atoms with Gasteiger partial charge in [0.1, 0.15) is 5.82 Å². The Morgan fingerprint density at radius 1 is 0.882 bits per heavy atom. The van der Waals surface area contributed by atoms with Crippen molar-refractivity contribution in [1.82, 2.24) is 30.2 Å². The fourth-order valence-corrected chi connectivity index (χ4v) is 3.51. The van der Waals surface area contributed by atoms with E-state index in [0.29, 0.717) is 11.4 Å². The summed E-state index contributed by atoms with van der Waals surface area (Å²) in [5, 5.41) is 3.59. The van der Waals surface area contributed by atoms with Crippen LogP contribution in [-0.4, -0.2) is 30.8 Å². The van der Waals surface area contributed by atoms with Crippen molar-refractivity contribution in [2.45, 2.75) is 6.54 Å². The number of hydrogen-bond acceptors (Lipinski definition) is 7. The van der Waals surface area contributed by atoms with E-state index >= 15 is 0 Å². The third-order valence-corrected chi connectivity index (χ3v) is 5.14. The molecule has 8 nitrogen and oxygen atoms in total. The second-order valence-electron chi connectivity index (χ2n) is 7.43. The molecule has 0 atom stereocenters. The van der Waals surface area contributed by atoms with Gasteiger partial charge in [-0.15, -0.1) is 0 Å². The molecule has 0 aliphatic rings. The highest BCUT2D eigenvalue weighted by Crippen LogP contribution is 2.32. The molecule has 0 fully saturated rings. The maximum absolute atomic E-state index is 13.0. The van der Waals surface area contributed by atoms with Crippen LogP contribution in [-0.2, 0) is 6.54 Å². The van der Waals surface area contributed by atoms with Gasteiger partial charge in [0, 0.05) is 22.7 Å². The summed E-state index contributed by atoms with van der Waals surface area (Å²) in [5.74, 6) is -0.856. The topological polar surface area (TPSA) is 120 Å². The van der Waals surface area contributed by atoms with Gasteiger partial charge in [-0.25, -0.2) is 24.3 Å². The predicted molar refractivity (Wildman–Crippen MR) is 126 cm³/mol. The highest BCUT2D eigenvalue weighted by molar-refractivity contribution is 5.98. The molecule has 9 heteroatoms. The van der Waals surface area contributed by atoms with E-state index in [2.05, 4.69) is 30.2 Å². The van der Waals surface area contributed by atoms with Gasteiger partial charge in [-0.2, -0.15) is 0 Å². The molecule has 34 heavy (non-hydrogen) atoms. The summed E-state index contributed by atoms with van der Waals surface area (Å²) >= 11 is 0. The number of fused-ring (bicyclic) bond motifs is 1. The number of carbonyl (C=O) groups excluding carboxylic acids is 1. The van der Waals surface area contributed by atoms with E-state index in [1.807, 2.05) is 60.7 Å². The van der Waals surface area contributed by atoms with E-state index in [-0.39, 0.29) is 23.9 Å². The summed E-state index contributed by atoms with van der Waals surface area (Å²) in [6, 6.07) is 19.0. The molecule has 0 saturated carbocycles. The molecule has 5 rings (SSSR count). The third-order valence-electron chi connectivity index (χ3n) is 5.14. The molecule has 5 aromatic rings. The number of amides is 1. The van der Waals surface area contributed by atoms with Crippen LogP contribution in [0, 0.1) is 5.82 Å². The number of nitrogens with two attached hydrogens (primary N) is 1. The predicted octanol–water partition coefficient (Wildman–Crippen LogP) is 3.80. The van der Waals surface area contributed by atoms with Crippen LogP contribution in [0.3, 0.4) is 0 Å². The minimum atomic E-state index is -0.558. The zero-order valence-electron chi connectivity index (χ0n) is 17.8. The van der Waals surface area contributed by atoms with Gasteiger partial charge in [-0.1, -0.05) is 42.5 Å². The summed E-state index contributed by atoms with van der Waals surface area (Å²) < 4.78 is 13.0. The second-order valence-corrected chi connectivity index (χ2v) is 7.43. The van der Waals surface area contributed by atoms with Gasteiger partial charge in [0.25, 0.3) is 5.91 Å². The van der Waals surface area contributed by atoms with E-state index in [1.54, 1.807) is 6.20 Å². The quantitative estimate of drug-likeness (QED) is 0.417. The van der Waals surface area contributed by atoms with Crippen molar-refractivity contribution in [2.24, 2.45) is 0 Å². The minimum Gasteiger partial charge on any atom is -0.382 e. The number of benzene rings is 2. The first-order chi connectivity index (χ1) is 16.6. The van der Waals surface area contributed by atoms with Crippen molar-refractivity contribution in [2.75, 3.05) is 5.73 Å². The van der Waals surface area contributed by atoms with Crippen LogP contribution in [0.1, 0.15) is 16.3 Å². The van der Waals surface area contributed by atoms with E-state index < -0.39 is 11.7 Å². The van der Waals surface area contributed by atoms with E-state index in [0.717, 1.165) is 34.4 Å². The molecule has 0 radical (unpaired) electrons. The molecule has 166 valence electrons. The monoisotopic (exact) mass is 451 g/mol. The van der Waals surface area contributed by atoms with Gasteiger partial charge in [0.05, 0.1) is 35.8 Å². The Balaban J connectivity index is 1.56. The van der Waals surface area contributed by atoms with E-state index in [4.69, 9.17) is 5.73 Å². The Morgan fingerprint density at radius 2 is 1.65 bits per heavy atom. The summed E-state index contributed by atoms with van der Waals surface area (Å²) in [5.41, 5.74) is 9.62. The van der Waals surface area contributed by atoms with Gasteiger partial charge < -0.3 is 11.1 Å². The Hall–Kier alpha value is -4.79. The second kappa shape index (κ2) is 8.99. The molecule has 0 unspecified atom stereocenters. The van der Waals surface area contributed by atoms with Crippen molar-refractivity contribution < 1.29 is 9.18 Å². The van der Waals surface area contributed by atoms with Gasteiger partial charge in [-0.3, -0.25) is 9.78 Å². The van der Waals surface area contributed by atoms with Crippen LogP contribution in [0.5, 0.6) is 0 Å². The maximum Gasteiger partial charge on any atom is 0.274 e. The SMILES string of the molecule is Nc1nc(-c2ccccc2)c(-c2ccc3ncccc3c2)nc1C(=O)NCc1ncc(F)cn1. The first-order valence-electron chi connectivity index (χ1n) is 10.4. The van der Waals surface area contributed by atoms with Crippen molar-refractivity contribution in [3.8, 4) is 22.5 Å². The lowest BCUT2D eigenvalue weighted by molar-refractivity contribution is 0.0945. The van der Waals surface area contributed by atoms with Crippen LogP contribution < -0.4 is 11.1 Å². The molecule has 2 aromatic carbocycles. The first kappa shape index (κ1) is 21.1. The fourth-order valence-electron chi connectivity index (χ4n) is 3.51. The molecule has 3 N–H and O–H groups in total. The number of rotatable bonds is 5. The lowest BCUT2D eigenvalue weighted by Crippen LogP contribution is -2.26. The number of nitrogens with zero attached hydrogens (tertiary/aromatic N) is 5. The molecular weight excluding hydrogens is 433 g/mol. The molecule has 3 aromatic heterocycles. The average Bonchev–Trinajstić information content (AvgIpc) is 2.88. The van der Waals surface area contributed by atoms with Gasteiger partial charge >= 0.3 is 0 Å². The Bertz CT molecular complexity index is 1490. The number of halogens is 1. The normalized spacial score (nSPS) is 10.9. The summed E-state index contributed by atoms with van der Waals surface area (Å²) in [6.45, 7) is -0.0162. The number of nitrogens with one attached hydrogen (secondary N) is 1. The zero-order chi connectivity index (χ0) is 23.5. The van der Waals surface area contributed by atoms with Crippen molar-refractivity contribution in [3.05, 3.63) is 96.6 Å². The van der Waals surface area contributed by atoms with Gasteiger partial charge in [-0.05, 0) is 18.2 Å². The Morgan fingerprint density at radius 3 is 2.44 bits per heavy atom. The molecular formula is C25H18FN7O. The van der Waals surface area contributed by atoms with Crippen molar-refractivity contribution in [1.29, 1.82) is 0 Å². The molecule has 0 saturated heterocycles. The summed E-state index contributed by atoms with van der Waals surface area (Å²) in [7, 11) is 0. The zero-order valence-corrected chi connectivity index (χ0v) is 17.8. The molecule has 3 heterocycles. The lowest BCUT2D eigenvalue weighted by Gasteiger charge is -2.13. The van der Waals surface area contributed by atoms with E-state index in [9.17, 15) is 9.18 Å². The highest BCUT2D eigenvalue weighted by Gasteiger charge is 2.20. The minimum absolute atomic E-state index is 0.0115. The standard InChI is InChI=1S/C25H18FN7O/c26-18-12-29-20(30-13-18)14-31-25(34)23-24(27)33-21(15-5-2-1-3-6-15)22(32-23)17-8-9-19-16(11-17)7-4-10-28-19/h1-13H,14H2,(H2,27,33)(H,31,34). The van der Waals surface area contributed by atoms with Crippen LogP contribution in [0.4, 0.5) is 10.2 Å². The fraction of sp³-hybridized carbons (Fsp3) is 0.0400. The number of nitrogen functional groups attached to an aromatic ring is 1. The largest absolute Gasteiger partial charge is 0.382 e. The summed E-state index contributed by atoms with van der Waals surface area (Å²) in [4.78, 5) is 34.1. The lowest BCUT2D eigenvalue weighted by atomic mass is 10.0. The molecule has 0 bridgehead atoms. The Labute approximate surface area is 193 Å². The van der Waals surface area contributed by atoms with E-state index in [1.165, 1.54) is 0 Å². The number of carbonyl (C=O) groups is 1. The van der Waals surface area contributed by atoms with Crippen LogP contribution in [0.2, 0.25) is 0 Å². The highest BCUT2D eigenvalue weighted by atomic mass is 19.1. The van der Waals surface area contributed by atoms with Crippen LogP contribution in [0.25, 0.3) is 33.4 Å². The number of anilines is 1. The number of hydrogen-bond donors (Lipinski definition) is 2. The third kappa shape index (κ3) is 4.26. The van der Waals surface area contributed by atoms with Crippen molar-refractivity contribution >= 4 is 22.6 Å². The molecule has 0 spiro atoms. The van der Waals surface area contributed by atoms with Gasteiger partial charge in [0.2, 0.25) is 0 Å². The molecule has 1 amide bonds. The maximum atomic E-state index is 13.0. The number of pyridine rings is 1. The number of aromatic nitrogens is 5. The molecule has 0 aliphatic heterocycles. The molecule has 0 aliphatic carbocycles. The first-order valence-corrected chi connectivity index (χ1v) is 10.4. The van der Waals surface area contributed by atoms with Crippen LogP contribution >= 0.6 is 0 Å². The van der Waals surface area contributed by atoms with Crippen molar-refractivity contribution in [3.63, 3.8) is 0 Å². The Kier molecular flexibility index (Phi) is 5.57. The summed E-state index contributed by atoms with van der Waals surface area (Å²) in [6.07, 6.45) is 3.79. The smallest absolute Gasteiger partial charge is 0.274 e. The van der Waals surface area contributed by atoms with Gasteiger partial charge in [0.15, 0.2) is 17.3 Å².